The molecule has 1 N–H and O–H groups in total. The number of nitrogens with one attached hydrogen (secondary N) is 1. The van der Waals surface area contributed by atoms with E-state index < -0.39 is 0 Å². The molecule has 1 aromatic rings. The SMILES string of the molecule is C1=CC(N2CCNCC2)CC2=C1C=Cn1cccc1S2. The predicted octanol–water partition coefficient (Wildman–Crippen LogP) is 2.55. The highest BCUT2D eigenvalue weighted by Crippen LogP contribution is 2.38. The van der Waals surface area contributed by atoms with Crippen LogP contribution in [0.4, 0.5) is 0 Å². The summed E-state index contributed by atoms with van der Waals surface area (Å²) in [6.45, 7) is 4.56. The highest BCUT2D eigenvalue weighted by atomic mass is 32.2. The third kappa shape index (κ3) is 2.28. The largest absolute Gasteiger partial charge is 0.318 e. The van der Waals surface area contributed by atoms with Crippen LogP contribution in [0.15, 0.2) is 52.1 Å². The van der Waals surface area contributed by atoms with Crippen molar-refractivity contribution in [3.05, 3.63) is 47.0 Å². The van der Waals surface area contributed by atoms with Crippen LogP contribution in [-0.2, 0) is 0 Å². The standard InChI is InChI=1S/C16H19N3S/c1-2-16-19(8-1)9-5-13-3-4-14(12-15(13)20-16)18-10-6-17-7-11-18/h1-5,8-9,14,17H,6-7,10-12H2. The number of rotatable bonds is 1. The van der Waals surface area contributed by atoms with Crippen molar-refractivity contribution >= 4 is 18.0 Å². The van der Waals surface area contributed by atoms with E-state index in [4.69, 9.17) is 0 Å². The van der Waals surface area contributed by atoms with Gasteiger partial charge in [-0.05, 0) is 30.2 Å². The summed E-state index contributed by atoms with van der Waals surface area (Å²) in [4.78, 5) is 4.11. The number of piperazine rings is 1. The monoisotopic (exact) mass is 285 g/mol. The summed E-state index contributed by atoms with van der Waals surface area (Å²) in [6, 6.07) is 4.88. The summed E-state index contributed by atoms with van der Waals surface area (Å²) in [5.41, 5.74) is 1.38. The molecule has 0 aromatic carbocycles. The van der Waals surface area contributed by atoms with E-state index in [0.29, 0.717) is 6.04 Å². The van der Waals surface area contributed by atoms with Gasteiger partial charge in [0.2, 0.25) is 0 Å². The van der Waals surface area contributed by atoms with E-state index in [1.165, 1.54) is 15.5 Å². The van der Waals surface area contributed by atoms with Crippen molar-refractivity contribution in [2.24, 2.45) is 0 Å². The van der Waals surface area contributed by atoms with Crippen molar-refractivity contribution in [1.29, 1.82) is 0 Å². The van der Waals surface area contributed by atoms with Crippen LogP contribution in [0.5, 0.6) is 0 Å². The number of thioether (sulfide) groups is 1. The van der Waals surface area contributed by atoms with Crippen molar-refractivity contribution < 1.29 is 0 Å². The molecular weight excluding hydrogens is 266 g/mol. The molecule has 3 nitrogen and oxygen atoms in total. The van der Waals surface area contributed by atoms with Crippen LogP contribution in [0.25, 0.3) is 6.20 Å². The number of aromatic nitrogens is 1. The fourth-order valence-electron chi connectivity index (χ4n) is 3.07. The van der Waals surface area contributed by atoms with Crippen molar-refractivity contribution in [3.63, 3.8) is 0 Å². The highest BCUT2D eigenvalue weighted by molar-refractivity contribution is 8.03. The van der Waals surface area contributed by atoms with Gasteiger partial charge in [-0.2, -0.15) is 0 Å². The second-order valence-corrected chi connectivity index (χ2v) is 6.58. The normalized spacial score (nSPS) is 26.3. The van der Waals surface area contributed by atoms with Gasteiger partial charge in [-0.15, -0.1) is 0 Å². The van der Waals surface area contributed by atoms with Crippen LogP contribution in [0.3, 0.4) is 0 Å². The van der Waals surface area contributed by atoms with Crippen molar-refractivity contribution in [2.75, 3.05) is 26.2 Å². The zero-order valence-corrected chi connectivity index (χ0v) is 12.3. The van der Waals surface area contributed by atoms with Crippen LogP contribution < -0.4 is 5.32 Å². The number of nitrogens with zero attached hydrogens (tertiary/aromatic N) is 2. The average molecular weight is 285 g/mol. The molecule has 0 spiro atoms. The zero-order valence-electron chi connectivity index (χ0n) is 11.5. The van der Waals surface area contributed by atoms with E-state index >= 15 is 0 Å². The number of fused-ring (bicyclic) bond motifs is 1. The minimum atomic E-state index is 0.568. The van der Waals surface area contributed by atoms with Gasteiger partial charge < -0.3 is 9.88 Å². The van der Waals surface area contributed by atoms with Gasteiger partial charge in [0.15, 0.2) is 0 Å². The van der Waals surface area contributed by atoms with E-state index in [1.807, 2.05) is 11.8 Å². The highest BCUT2D eigenvalue weighted by Gasteiger charge is 2.24. The second-order valence-electron chi connectivity index (χ2n) is 5.47. The Balaban J connectivity index is 1.56. The second kappa shape index (κ2) is 5.28. The zero-order chi connectivity index (χ0) is 13.4. The molecule has 1 fully saturated rings. The first-order chi connectivity index (χ1) is 9.90. The summed E-state index contributed by atoms with van der Waals surface area (Å²) in [7, 11) is 0. The Hall–Kier alpha value is -1.23. The molecule has 3 aliphatic rings. The molecule has 0 bridgehead atoms. The lowest BCUT2D eigenvalue weighted by Crippen LogP contribution is -2.48. The van der Waals surface area contributed by atoms with Gasteiger partial charge in [-0.25, -0.2) is 0 Å². The Morgan fingerprint density at radius 2 is 2.10 bits per heavy atom. The van der Waals surface area contributed by atoms with E-state index in [0.717, 1.165) is 32.6 Å². The molecule has 1 aliphatic carbocycles. The van der Waals surface area contributed by atoms with Gasteiger partial charge in [0, 0.05) is 49.5 Å². The van der Waals surface area contributed by atoms with Crippen LogP contribution in [0.2, 0.25) is 0 Å². The third-order valence-corrected chi connectivity index (χ3v) is 5.42. The fraction of sp³-hybridized carbons (Fsp3) is 0.375. The molecule has 2 aliphatic heterocycles. The lowest BCUT2D eigenvalue weighted by Gasteiger charge is -2.35. The molecule has 4 heteroatoms. The Kier molecular flexibility index (Phi) is 3.30. The molecule has 0 saturated carbocycles. The van der Waals surface area contributed by atoms with E-state index in [-0.39, 0.29) is 0 Å². The topological polar surface area (TPSA) is 20.2 Å². The van der Waals surface area contributed by atoms with Gasteiger partial charge in [0.25, 0.3) is 0 Å². The first-order valence-corrected chi connectivity index (χ1v) is 8.11. The maximum Gasteiger partial charge on any atom is 0.0834 e. The minimum absolute atomic E-state index is 0.568. The summed E-state index contributed by atoms with van der Waals surface area (Å²) < 4.78 is 2.21. The van der Waals surface area contributed by atoms with Crippen LogP contribution in [-0.4, -0.2) is 41.7 Å². The summed E-state index contributed by atoms with van der Waals surface area (Å²) in [5.74, 6) is 0. The van der Waals surface area contributed by atoms with Crippen LogP contribution in [0.1, 0.15) is 6.42 Å². The maximum atomic E-state index is 3.43. The molecule has 0 radical (unpaired) electrons. The van der Waals surface area contributed by atoms with Gasteiger partial charge in [0.1, 0.15) is 0 Å². The molecule has 1 saturated heterocycles. The molecule has 1 aromatic heterocycles. The lowest BCUT2D eigenvalue weighted by molar-refractivity contribution is 0.201. The lowest BCUT2D eigenvalue weighted by atomic mass is 10.0. The van der Waals surface area contributed by atoms with Crippen molar-refractivity contribution in [2.45, 2.75) is 17.5 Å². The summed E-state index contributed by atoms with van der Waals surface area (Å²) in [6.07, 6.45) is 12.4. The summed E-state index contributed by atoms with van der Waals surface area (Å²) >= 11 is 1.92. The molecule has 0 amide bonds. The summed E-state index contributed by atoms with van der Waals surface area (Å²) in [5, 5.41) is 4.75. The van der Waals surface area contributed by atoms with E-state index in [1.54, 1.807) is 0 Å². The predicted molar refractivity (Wildman–Crippen MR) is 84.6 cm³/mol. The molecule has 1 unspecified atom stereocenters. The molecule has 104 valence electrons. The number of hydrogen-bond acceptors (Lipinski definition) is 3. The maximum absolute atomic E-state index is 3.43. The minimum Gasteiger partial charge on any atom is -0.318 e. The Labute approximate surface area is 124 Å². The first-order valence-electron chi connectivity index (χ1n) is 7.29. The smallest absolute Gasteiger partial charge is 0.0834 e. The van der Waals surface area contributed by atoms with Gasteiger partial charge in [-0.3, -0.25) is 4.90 Å². The number of hydrogen-bond donors (Lipinski definition) is 1. The molecular formula is C16H19N3S. The Morgan fingerprint density at radius 3 is 3.00 bits per heavy atom. The first kappa shape index (κ1) is 12.5. The van der Waals surface area contributed by atoms with Crippen molar-refractivity contribution in [1.82, 2.24) is 14.8 Å². The fourth-order valence-corrected chi connectivity index (χ4v) is 4.21. The van der Waals surface area contributed by atoms with Gasteiger partial charge >= 0.3 is 0 Å². The molecule has 3 heterocycles. The van der Waals surface area contributed by atoms with Crippen LogP contribution in [0, 0.1) is 0 Å². The van der Waals surface area contributed by atoms with Gasteiger partial charge in [0.05, 0.1) is 5.03 Å². The van der Waals surface area contributed by atoms with Crippen molar-refractivity contribution in [3.8, 4) is 0 Å². The molecule has 4 rings (SSSR count). The Morgan fingerprint density at radius 1 is 1.20 bits per heavy atom. The van der Waals surface area contributed by atoms with Crippen LogP contribution >= 0.6 is 11.8 Å². The van der Waals surface area contributed by atoms with E-state index in [2.05, 4.69) is 57.5 Å². The number of allylic oxidation sites excluding steroid dienone is 3. The third-order valence-electron chi connectivity index (χ3n) is 4.22. The average Bonchev–Trinajstić information content (AvgIpc) is 2.87. The molecule has 1 atom stereocenters. The quantitative estimate of drug-likeness (QED) is 0.856. The van der Waals surface area contributed by atoms with E-state index in [9.17, 15) is 0 Å². The molecule has 20 heavy (non-hydrogen) atoms. The van der Waals surface area contributed by atoms with Gasteiger partial charge in [-0.1, -0.05) is 23.9 Å². The Bertz CT molecular complexity index is 591.